The lowest BCUT2D eigenvalue weighted by Gasteiger charge is -2.20. The minimum atomic E-state index is -0.405. The van der Waals surface area contributed by atoms with Gasteiger partial charge in [-0.2, -0.15) is 0 Å². The highest BCUT2D eigenvalue weighted by atomic mass is 16.5. The van der Waals surface area contributed by atoms with Gasteiger partial charge in [0.15, 0.2) is 5.58 Å². The molecule has 0 radical (unpaired) electrons. The van der Waals surface area contributed by atoms with Gasteiger partial charge in [-0.1, -0.05) is 17.3 Å². The summed E-state index contributed by atoms with van der Waals surface area (Å²) in [6, 6.07) is 7.50. The van der Waals surface area contributed by atoms with E-state index in [1.54, 1.807) is 11.9 Å². The molecule has 1 aromatic carbocycles. The number of hydrogen-bond donors (Lipinski definition) is 1. The van der Waals surface area contributed by atoms with Crippen molar-refractivity contribution in [2.45, 2.75) is 25.4 Å². The number of hydrogen-bond acceptors (Lipinski definition) is 4. The first-order valence-corrected chi connectivity index (χ1v) is 6.90. The van der Waals surface area contributed by atoms with Crippen LogP contribution in [0.25, 0.3) is 11.0 Å². The maximum atomic E-state index is 12.2. The number of rotatable bonds is 5. The maximum Gasteiger partial charge on any atom is 0.228 e. The number of aliphatic hydroxyl groups excluding tert-OH is 1. The number of amides is 1. The molecule has 0 bridgehead atoms. The molecule has 1 N–H and O–H groups in total. The number of fused-ring (bicyclic) bond motifs is 1. The van der Waals surface area contributed by atoms with Gasteiger partial charge in [0.25, 0.3) is 0 Å². The first-order valence-electron chi connectivity index (χ1n) is 6.90. The van der Waals surface area contributed by atoms with E-state index >= 15 is 0 Å². The van der Waals surface area contributed by atoms with Gasteiger partial charge in [-0.05, 0) is 30.9 Å². The SMILES string of the molecule is CN(CC(O)C1CC1)C(=O)Cc1noc2ccccc12. The molecule has 106 valence electrons. The number of aliphatic hydroxyl groups is 1. The monoisotopic (exact) mass is 274 g/mol. The highest BCUT2D eigenvalue weighted by Gasteiger charge is 2.31. The lowest BCUT2D eigenvalue weighted by molar-refractivity contribution is -0.130. The second kappa shape index (κ2) is 5.25. The van der Waals surface area contributed by atoms with Gasteiger partial charge < -0.3 is 14.5 Å². The average molecular weight is 274 g/mol. The Morgan fingerprint density at radius 3 is 3.00 bits per heavy atom. The molecule has 5 heteroatoms. The number of para-hydroxylation sites is 1. The Morgan fingerprint density at radius 1 is 1.50 bits per heavy atom. The number of benzene rings is 1. The van der Waals surface area contributed by atoms with Gasteiger partial charge in [0, 0.05) is 19.0 Å². The van der Waals surface area contributed by atoms with Crippen molar-refractivity contribution in [3.8, 4) is 0 Å². The summed E-state index contributed by atoms with van der Waals surface area (Å²) in [4.78, 5) is 13.7. The van der Waals surface area contributed by atoms with Gasteiger partial charge in [-0.3, -0.25) is 4.79 Å². The van der Waals surface area contributed by atoms with E-state index in [1.807, 2.05) is 24.3 Å². The first kappa shape index (κ1) is 13.1. The maximum absolute atomic E-state index is 12.2. The fourth-order valence-electron chi connectivity index (χ4n) is 2.36. The van der Waals surface area contributed by atoms with Gasteiger partial charge in [0.05, 0.1) is 12.5 Å². The molecular weight excluding hydrogens is 256 g/mol. The van der Waals surface area contributed by atoms with Crippen molar-refractivity contribution < 1.29 is 14.4 Å². The van der Waals surface area contributed by atoms with Gasteiger partial charge in [0.2, 0.25) is 5.91 Å². The molecule has 1 fully saturated rings. The highest BCUT2D eigenvalue weighted by molar-refractivity contribution is 5.86. The molecule has 1 atom stereocenters. The quantitative estimate of drug-likeness (QED) is 0.899. The number of nitrogens with zero attached hydrogens (tertiary/aromatic N) is 2. The van der Waals surface area contributed by atoms with Crippen molar-refractivity contribution >= 4 is 16.9 Å². The smallest absolute Gasteiger partial charge is 0.228 e. The Kier molecular flexibility index (Phi) is 3.44. The molecule has 5 nitrogen and oxygen atoms in total. The second-order valence-electron chi connectivity index (χ2n) is 5.48. The van der Waals surface area contributed by atoms with Crippen LogP contribution in [0.15, 0.2) is 28.8 Å². The summed E-state index contributed by atoms with van der Waals surface area (Å²) >= 11 is 0. The minimum absolute atomic E-state index is 0.0521. The summed E-state index contributed by atoms with van der Waals surface area (Å²) in [7, 11) is 1.72. The zero-order valence-electron chi connectivity index (χ0n) is 11.5. The average Bonchev–Trinajstić information content (AvgIpc) is 3.22. The molecule has 0 aliphatic heterocycles. The fraction of sp³-hybridized carbons (Fsp3) is 0.467. The molecule has 1 heterocycles. The van der Waals surface area contributed by atoms with Crippen LogP contribution in [-0.2, 0) is 11.2 Å². The number of likely N-dealkylation sites (N-methyl/N-ethyl adjacent to an activating group) is 1. The van der Waals surface area contributed by atoms with Crippen LogP contribution in [-0.4, -0.2) is 40.8 Å². The lowest BCUT2D eigenvalue weighted by Crippen LogP contribution is -2.36. The summed E-state index contributed by atoms with van der Waals surface area (Å²) in [5.74, 6) is 0.321. The van der Waals surface area contributed by atoms with Crippen molar-refractivity contribution in [3.63, 3.8) is 0 Å². The van der Waals surface area contributed by atoms with Crippen LogP contribution in [0.5, 0.6) is 0 Å². The van der Waals surface area contributed by atoms with Gasteiger partial charge in [-0.15, -0.1) is 0 Å². The van der Waals surface area contributed by atoms with Crippen molar-refractivity contribution in [1.29, 1.82) is 0 Å². The van der Waals surface area contributed by atoms with E-state index in [2.05, 4.69) is 5.16 Å². The third kappa shape index (κ3) is 2.67. The van der Waals surface area contributed by atoms with E-state index in [4.69, 9.17) is 4.52 Å². The highest BCUT2D eigenvalue weighted by Crippen LogP contribution is 2.32. The third-order valence-corrected chi connectivity index (χ3v) is 3.82. The Morgan fingerprint density at radius 2 is 2.25 bits per heavy atom. The normalized spacial score (nSPS) is 16.3. The zero-order valence-corrected chi connectivity index (χ0v) is 11.5. The molecule has 1 aromatic heterocycles. The summed E-state index contributed by atoms with van der Waals surface area (Å²) in [5, 5.41) is 14.7. The van der Waals surface area contributed by atoms with Crippen LogP contribution >= 0.6 is 0 Å². The molecule has 1 aliphatic rings. The minimum Gasteiger partial charge on any atom is -0.391 e. The van der Waals surface area contributed by atoms with Crippen LogP contribution in [0, 0.1) is 5.92 Å². The van der Waals surface area contributed by atoms with Crippen LogP contribution in [0.4, 0.5) is 0 Å². The van der Waals surface area contributed by atoms with Crippen LogP contribution < -0.4 is 0 Å². The first-order chi connectivity index (χ1) is 9.65. The van der Waals surface area contributed by atoms with E-state index in [0.717, 1.165) is 18.2 Å². The van der Waals surface area contributed by atoms with Crippen LogP contribution in [0.3, 0.4) is 0 Å². The molecule has 0 saturated heterocycles. The van der Waals surface area contributed by atoms with E-state index in [1.165, 1.54) is 0 Å². The zero-order chi connectivity index (χ0) is 14.1. The number of carbonyl (C=O) groups excluding carboxylic acids is 1. The molecular formula is C15H18N2O3. The molecule has 0 spiro atoms. The fourth-order valence-corrected chi connectivity index (χ4v) is 2.36. The molecule has 1 aliphatic carbocycles. The van der Waals surface area contributed by atoms with Crippen LogP contribution in [0.1, 0.15) is 18.5 Å². The summed E-state index contributed by atoms with van der Waals surface area (Å²) < 4.78 is 5.19. The van der Waals surface area contributed by atoms with Crippen LogP contribution in [0.2, 0.25) is 0 Å². The number of carbonyl (C=O) groups is 1. The molecule has 20 heavy (non-hydrogen) atoms. The largest absolute Gasteiger partial charge is 0.391 e. The molecule has 1 unspecified atom stereocenters. The molecule has 1 saturated carbocycles. The van der Waals surface area contributed by atoms with Crippen molar-refractivity contribution in [2.24, 2.45) is 5.92 Å². The van der Waals surface area contributed by atoms with Gasteiger partial charge in [-0.25, -0.2) is 0 Å². The topological polar surface area (TPSA) is 66.6 Å². The van der Waals surface area contributed by atoms with Crippen molar-refractivity contribution in [1.82, 2.24) is 10.1 Å². The Balaban J connectivity index is 1.65. The van der Waals surface area contributed by atoms with Gasteiger partial charge in [0.1, 0.15) is 5.69 Å². The van der Waals surface area contributed by atoms with Gasteiger partial charge >= 0.3 is 0 Å². The van der Waals surface area contributed by atoms with E-state index in [-0.39, 0.29) is 12.3 Å². The Bertz CT molecular complexity index is 618. The summed E-state index contributed by atoms with van der Waals surface area (Å²) in [5.41, 5.74) is 1.34. The van der Waals surface area contributed by atoms with E-state index < -0.39 is 6.10 Å². The standard InChI is InChI=1S/C15H18N2O3/c1-17(9-13(18)10-6-7-10)15(19)8-12-11-4-2-3-5-14(11)20-16-12/h2-5,10,13,18H,6-9H2,1H3. The van der Waals surface area contributed by atoms with E-state index in [9.17, 15) is 9.90 Å². The molecule has 1 amide bonds. The number of aromatic nitrogens is 1. The second-order valence-corrected chi connectivity index (χ2v) is 5.48. The van der Waals surface area contributed by atoms with Crippen molar-refractivity contribution in [3.05, 3.63) is 30.0 Å². The summed E-state index contributed by atoms with van der Waals surface area (Å²) in [6.45, 7) is 0.388. The third-order valence-electron chi connectivity index (χ3n) is 3.82. The Hall–Kier alpha value is -1.88. The molecule has 2 aromatic rings. The lowest BCUT2D eigenvalue weighted by atomic mass is 10.1. The van der Waals surface area contributed by atoms with Crippen molar-refractivity contribution in [2.75, 3.05) is 13.6 Å². The predicted octanol–water partition coefficient (Wildman–Crippen LogP) is 1.60. The summed E-state index contributed by atoms with van der Waals surface area (Å²) in [6.07, 6.45) is 1.93. The predicted molar refractivity (Wildman–Crippen MR) is 74.1 cm³/mol. The Labute approximate surface area is 117 Å². The molecule has 3 rings (SSSR count). The van der Waals surface area contributed by atoms with E-state index in [0.29, 0.717) is 23.7 Å².